The van der Waals surface area contributed by atoms with Crippen LogP contribution in [-0.2, 0) is 11.2 Å². The summed E-state index contributed by atoms with van der Waals surface area (Å²) in [5.41, 5.74) is 2.38. The predicted molar refractivity (Wildman–Crippen MR) is 78.6 cm³/mol. The van der Waals surface area contributed by atoms with E-state index in [4.69, 9.17) is 0 Å². The molecule has 0 fully saturated rings. The summed E-state index contributed by atoms with van der Waals surface area (Å²) < 4.78 is 0. The summed E-state index contributed by atoms with van der Waals surface area (Å²) in [6, 6.07) is 7.87. The van der Waals surface area contributed by atoms with Crippen molar-refractivity contribution in [2.45, 2.75) is 46.1 Å². The van der Waals surface area contributed by atoms with E-state index < -0.39 is 12.0 Å². The first-order valence-electron chi connectivity index (χ1n) is 7.05. The van der Waals surface area contributed by atoms with Gasteiger partial charge in [0.2, 0.25) is 0 Å². The Morgan fingerprint density at radius 2 is 1.68 bits per heavy atom. The molecule has 1 aromatic rings. The second-order valence-corrected chi connectivity index (χ2v) is 5.18. The number of hydrogen-bond acceptors (Lipinski definition) is 2. The monoisotopic (exact) mass is 263 g/mol. The fourth-order valence-electron chi connectivity index (χ4n) is 2.30. The van der Waals surface area contributed by atoms with Gasteiger partial charge in [-0.1, -0.05) is 52.0 Å². The Hall–Kier alpha value is -1.35. The zero-order chi connectivity index (χ0) is 14.4. The van der Waals surface area contributed by atoms with Gasteiger partial charge in [-0.05, 0) is 36.6 Å². The molecular weight excluding hydrogens is 238 g/mol. The van der Waals surface area contributed by atoms with E-state index in [9.17, 15) is 9.90 Å². The lowest BCUT2D eigenvalue weighted by molar-refractivity contribution is -0.143. The molecule has 106 valence electrons. The minimum Gasteiger partial charge on any atom is -0.480 e. The summed E-state index contributed by atoms with van der Waals surface area (Å²) in [7, 11) is 0. The SMILES string of the molecule is CCN(CC)C(Cc1ccc(C(C)C)cc1)C(=O)O. The Bertz CT molecular complexity index is 394. The molecule has 0 aliphatic heterocycles. The maximum absolute atomic E-state index is 11.4. The van der Waals surface area contributed by atoms with Crippen LogP contribution < -0.4 is 0 Å². The van der Waals surface area contributed by atoms with E-state index >= 15 is 0 Å². The highest BCUT2D eigenvalue weighted by atomic mass is 16.4. The lowest BCUT2D eigenvalue weighted by Crippen LogP contribution is -2.42. The molecule has 0 aliphatic carbocycles. The number of benzene rings is 1. The van der Waals surface area contributed by atoms with Crippen molar-refractivity contribution in [1.29, 1.82) is 0 Å². The van der Waals surface area contributed by atoms with Crippen LogP contribution in [0, 0.1) is 0 Å². The van der Waals surface area contributed by atoms with Gasteiger partial charge in [0.1, 0.15) is 6.04 Å². The predicted octanol–water partition coefficient (Wildman–Crippen LogP) is 3.15. The Morgan fingerprint density at radius 1 is 1.16 bits per heavy atom. The number of rotatable bonds is 7. The quantitative estimate of drug-likeness (QED) is 0.821. The van der Waals surface area contributed by atoms with Crippen molar-refractivity contribution >= 4 is 5.97 Å². The lowest BCUT2D eigenvalue weighted by Gasteiger charge is -2.26. The normalized spacial score (nSPS) is 12.9. The third-order valence-electron chi connectivity index (χ3n) is 3.61. The van der Waals surface area contributed by atoms with Crippen LogP contribution in [-0.4, -0.2) is 35.1 Å². The van der Waals surface area contributed by atoms with E-state index in [0.29, 0.717) is 12.3 Å². The van der Waals surface area contributed by atoms with Gasteiger partial charge in [0.15, 0.2) is 0 Å². The first-order chi connectivity index (χ1) is 8.99. The van der Waals surface area contributed by atoms with Crippen LogP contribution in [0.25, 0.3) is 0 Å². The first-order valence-corrected chi connectivity index (χ1v) is 7.05. The Morgan fingerprint density at radius 3 is 2.05 bits per heavy atom. The number of likely N-dealkylation sites (N-methyl/N-ethyl adjacent to an activating group) is 1. The van der Waals surface area contributed by atoms with Crippen LogP contribution in [0.3, 0.4) is 0 Å². The Labute approximate surface area is 116 Å². The minimum atomic E-state index is -0.739. The molecule has 0 spiro atoms. The molecule has 0 saturated carbocycles. The fourth-order valence-corrected chi connectivity index (χ4v) is 2.30. The van der Waals surface area contributed by atoms with E-state index in [1.807, 2.05) is 18.7 Å². The summed E-state index contributed by atoms with van der Waals surface area (Å²) in [5, 5.41) is 9.37. The second-order valence-electron chi connectivity index (χ2n) is 5.18. The van der Waals surface area contributed by atoms with E-state index in [1.54, 1.807) is 0 Å². The van der Waals surface area contributed by atoms with Crippen molar-refractivity contribution in [1.82, 2.24) is 4.90 Å². The Balaban J connectivity index is 2.82. The molecule has 3 nitrogen and oxygen atoms in total. The molecule has 1 unspecified atom stereocenters. The van der Waals surface area contributed by atoms with Gasteiger partial charge in [-0.25, -0.2) is 0 Å². The van der Waals surface area contributed by atoms with Crippen LogP contribution in [0.15, 0.2) is 24.3 Å². The van der Waals surface area contributed by atoms with Crippen molar-refractivity contribution in [3.05, 3.63) is 35.4 Å². The molecular formula is C16H25NO2. The van der Waals surface area contributed by atoms with Crippen LogP contribution in [0.2, 0.25) is 0 Å². The van der Waals surface area contributed by atoms with Gasteiger partial charge in [-0.3, -0.25) is 9.69 Å². The summed E-state index contributed by atoms with van der Waals surface area (Å²) >= 11 is 0. The highest BCUT2D eigenvalue weighted by Crippen LogP contribution is 2.16. The van der Waals surface area contributed by atoms with Crippen molar-refractivity contribution in [3.8, 4) is 0 Å². The van der Waals surface area contributed by atoms with Gasteiger partial charge in [-0.2, -0.15) is 0 Å². The summed E-state index contributed by atoms with van der Waals surface area (Å²) in [5.74, 6) is -0.233. The molecule has 0 aromatic heterocycles. The summed E-state index contributed by atoms with van der Waals surface area (Å²) in [4.78, 5) is 13.4. The molecule has 0 saturated heterocycles. The van der Waals surface area contributed by atoms with Crippen molar-refractivity contribution < 1.29 is 9.90 Å². The van der Waals surface area contributed by atoms with Crippen molar-refractivity contribution in [3.63, 3.8) is 0 Å². The maximum atomic E-state index is 11.4. The number of nitrogens with zero attached hydrogens (tertiary/aromatic N) is 1. The highest BCUT2D eigenvalue weighted by molar-refractivity contribution is 5.74. The molecule has 0 aliphatic rings. The molecule has 1 N–H and O–H groups in total. The third-order valence-corrected chi connectivity index (χ3v) is 3.61. The van der Waals surface area contributed by atoms with Gasteiger partial charge < -0.3 is 5.11 Å². The average molecular weight is 263 g/mol. The fraction of sp³-hybridized carbons (Fsp3) is 0.562. The van der Waals surface area contributed by atoms with Crippen LogP contribution in [0.5, 0.6) is 0 Å². The molecule has 1 atom stereocenters. The number of carboxylic acids is 1. The molecule has 0 heterocycles. The van der Waals surface area contributed by atoms with Crippen LogP contribution >= 0.6 is 0 Å². The number of aliphatic carboxylic acids is 1. The number of carbonyl (C=O) groups is 1. The van der Waals surface area contributed by atoms with E-state index in [1.165, 1.54) is 5.56 Å². The molecule has 1 rings (SSSR count). The topological polar surface area (TPSA) is 40.5 Å². The highest BCUT2D eigenvalue weighted by Gasteiger charge is 2.23. The standard InChI is InChI=1S/C16H25NO2/c1-5-17(6-2)15(16(18)19)11-13-7-9-14(10-8-13)12(3)4/h7-10,12,15H,5-6,11H2,1-4H3,(H,18,19). The summed E-state index contributed by atoms with van der Waals surface area (Å²) in [6.45, 7) is 9.84. The van der Waals surface area contributed by atoms with E-state index in [2.05, 4.69) is 38.1 Å². The number of carboxylic acid groups (broad SMARTS) is 1. The Kier molecular flexibility index (Phi) is 6.03. The smallest absolute Gasteiger partial charge is 0.321 e. The molecule has 0 bridgehead atoms. The maximum Gasteiger partial charge on any atom is 0.321 e. The lowest BCUT2D eigenvalue weighted by atomic mass is 9.98. The first kappa shape index (κ1) is 15.7. The van der Waals surface area contributed by atoms with Gasteiger partial charge in [0.05, 0.1) is 0 Å². The third kappa shape index (κ3) is 4.35. The zero-order valence-electron chi connectivity index (χ0n) is 12.4. The molecule has 3 heteroatoms. The average Bonchev–Trinajstić information content (AvgIpc) is 2.39. The zero-order valence-corrected chi connectivity index (χ0v) is 12.4. The van der Waals surface area contributed by atoms with Crippen molar-refractivity contribution in [2.75, 3.05) is 13.1 Å². The van der Waals surface area contributed by atoms with E-state index in [-0.39, 0.29) is 0 Å². The molecule has 1 aromatic carbocycles. The van der Waals surface area contributed by atoms with E-state index in [0.717, 1.165) is 18.7 Å². The van der Waals surface area contributed by atoms with Gasteiger partial charge in [0, 0.05) is 0 Å². The minimum absolute atomic E-state index is 0.431. The molecule has 0 radical (unpaired) electrons. The van der Waals surface area contributed by atoms with Gasteiger partial charge in [0.25, 0.3) is 0 Å². The van der Waals surface area contributed by atoms with Gasteiger partial charge in [-0.15, -0.1) is 0 Å². The van der Waals surface area contributed by atoms with Crippen molar-refractivity contribution in [2.24, 2.45) is 0 Å². The number of hydrogen-bond donors (Lipinski definition) is 1. The largest absolute Gasteiger partial charge is 0.480 e. The molecule has 19 heavy (non-hydrogen) atoms. The van der Waals surface area contributed by atoms with Crippen LogP contribution in [0.4, 0.5) is 0 Å². The van der Waals surface area contributed by atoms with Gasteiger partial charge >= 0.3 is 5.97 Å². The molecule has 0 amide bonds. The van der Waals surface area contributed by atoms with Crippen LogP contribution in [0.1, 0.15) is 44.7 Å². The summed E-state index contributed by atoms with van der Waals surface area (Å²) in [6.07, 6.45) is 0.565. The second kappa shape index (κ2) is 7.29.